The van der Waals surface area contributed by atoms with Gasteiger partial charge in [0.1, 0.15) is 0 Å². The summed E-state index contributed by atoms with van der Waals surface area (Å²) < 4.78 is 28.5. The molecule has 2 heterocycles. The third-order valence-corrected chi connectivity index (χ3v) is 5.60. The van der Waals surface area contributed by atoms with Gasteiger partial charge in [0.25, 0.3) is 10.1 Å². The Morgan fingerprint density at radius 1 is 1.23 bits per heavy atom. The molecule has 1 aromatic carbocycles. The van der Waals surface area contributed by atoms with Crippen LogP contribution < -0.4 is 5.32 Å². The molecule has 1 aliphatic heterocycles. The summed E-state index contributed by atoms with van der Waals surface area (Å²) in [4.78, 5) is 0. The van der Waals surface area contributed by atoms with Gasteiger partial charge in [-0.25, -0.2) is 0 Å². The van der Waals surface area contributed by atoms with Crippen molar-refractivity contribution in [2.45, 2.75) is 51.1 Å². The average molecular weight is 375 g/mol. The number of hydrogen-bond donors (Lipinski definition) is 2. The van der Waals surface area contributed by atoms with Gasteiger partial charge < -0.3 is 9.88 Å². The zero-order chi connectivity index (χ0) is 18.3. The number of aromatic nitrogens is 1. The van der Waals surface area contributed by atoms with Gasteiger partial charge >= 0.3 is 0 Å². The molecule has 5 rings (SSSR count). The van der Waals surface area contributed by atoms with E-state index in [1.54, 1.807) is 16.8 Å². The van der Waals surface area contributed by atoms with Crippen LogP contribution in [-0.4, -0.2) is 30.3 Å². The van der Waals surface area contributed by atoms with Crippen molar-refractivity contribution in [3.05, 3.63) is 41.1 Å². The van der Waals surface area contributed by atoms with Crippen molar-refractivity contribution in [1.82, 2.24) is 9.88 Å². The molecule has 0 radical (unpaired) electrons. The van der Waals surface area contributed by atoms with E-state index < -0.39 is 10.1 Å². The van der Waals surface area contributed by atoms with Crippen LogP contribution in [0.3, 0.4) is 0 Å². The molecule has 0 amide bonds. The van der Waals surface area contributed by atoms with Crippen LogP contribution in [0.15, 0.2) is 24.3 Å². The standard InChI is InChI=1S/C19H22N2.CH4O3S/c1-2-5-13(4-1)14-8-9-18-16(12-14)15-6-3-7-17-19(15)21(18)11-10-20-17;1-5(2,3)4/h4,8-9,12,17,20H,1-3,5-7,10-11H2;1H3,(H,2,3,4). The van der Waals surface area contributed by atoms with Crippen LogP contribution in [-0.2, 0) is 23.1 Å². The number of benzene rings is 1. The van der Waals surface area contributed by atoms with Crippen LogP contribution in [0, 0.1) is 0 Å². The van der Waals surface area contributed by atoms with Gasteiger partial charge in [0.2, 0.25) is 0 Å². The van der Waals surface area contributed by atoms with Gasteiger partial charge in [0.05, 0.1) is 6.26 Å². The number of rotatable bonds is 1. The molecule has 0 fully saturated rings. The van der Waals surface area contributed by atoms with E-state index in [1.165, 1.54) is 55.0 Å². The first-order chi connectivity index (χ1) is 12.4. The predicted octanol–water partition coefficient (Wildman–Crippen LogP) is 3.69. The lowest BCUT2D eigenvalue weighted by Crippen LogP contribution is -2.35. The fourth-order valence-electron chi connectivity index (χ4n) is 4.65. The Bertz CT molecular complexity index is 963. The van der Waals surface area contributed by atoms with Gasteiger partial charge in [-0.2, -0.15) is 8.42 Å². The minimum Gasteiger partial charge on any atom is -0.342 e. The van der Waals surface area contributed by atoms with Crippen molar-refractivity contribution in [3.63, 3.8) is 0 Å². The van der Waals surface area contributed by atoms with Crippen LogP contribution >= 0.6 is 0 Å². The van der Waals surface area contributed by atoms with Gasteiger partial charge in [-0.3, -0.25) is 4.55 Å². The molecule has 0 bridgehead atoms. The van der Waals surface area contributed by atoms with Crippen molar-refractivity contribution in [2.24, 2.45) is 0 Å². The molecule has 3 aliphatic rings. The first-order valence-corrected chi connectivity index (χ1v) is 11.3. The first-order valence-electron chi connectivity index (χ1n) is 9.42. The third-order valence-electron chi connectivity index (χ3n) is 5.60. The molecule has 2 N–H and O–H groups in total. The number of fused-ring (bicyclic) bond motifs is 3. The van der Waals surface area contributed by atoms with E-state index in [0.29, 0.717) is 12.3 Å². The molecule has 2 aromatic rings. The van der Waals surface area contributed by atoms with Crippen LogP contribution in [0.5, 0.6) is 0 Å². The first kappa shape index (κ1) is 17.8. The zero-order valence-electron chi connectivity index (χ0n) is 15.2. The Balaban J connectivity index is 0.000000301. The van der Waals surface area contributed by atoms with E-state index in [-0.39, 0.29) is 0 Å². The monoisotopic (exact) mass is 374 g/mol. The summed E-state index contributed by atoms with van der Waals surface area (Å²) in [5, 5.41) is 5.25. The lowest BCUT2D eigenvalue weighted by atomic mass is 9.90. The van der Waals surface area contributed by atoms with Crippen LogP contribution in [0.25, 0.3) is 16.5 Å². The number of nitrogens with zero attached hydrogens (tertiary/aromatic N) is 1. The number of hydrogen-bond acceptors (Lipinski definition) is 3. The van der Waals surface area contributed by atoms with Crippen LogP contribution in [0.4, 0.5) is 0 Å². The highest BCUT2D eigenvalue weighted by Crippen LogP contribution is 2.40. The lowest BCUT2D eigenvalue weighted by Gasteiger charge is -2.31. The average Bonchev–Trinajstić information content (AvgIpc) is 3.22. The summed E-state index contributed by atoms with van der Waals surface area (Å²) >= 11 is 0. The highest BCUT2D eigenvalue weighted by Gasteiger charge is 2.29. The normalized spacial score (nSPS) is 21.8. The van der Waals surface area contributed by atoms with Crippen molar-refractivity contribution in [3.8, 4) is 0 Å². The van der Waals surface area contributed by atoms with E-state index >= 15 is 0 Å². The SMILES string of the molecule is C1=C(c2ccc3c(c2)c2c4n3CCNC4CCC2)CCC1.CS(=O)(=O)O. The summed E-state index contributed by atoms with van der Waals surface area (Å²) in [7, 11) is -3.67. The highest BCUT2D eigenvalue weighted by molar-refractivity contribution is 7.85. The summed E-state index contributed by atoms with van der Waals surface area (Å²) in [5.74, 6) is 0. The van der Waals surface area contributed by atoms with Gasteiger partial charge in [-0.05, 0) is 67.4 Å². The van der Waals surface area contributed by atoms with Crippen molar-refractivity contribution in [1.29, 1.82) is 0 Å². The summed E-state index contributed by atoms with van der Waals surface area (Å²) in [6.45, 7) is 2.25. The molecule has 0 spiro atoms. The number of allylic oxidation sites excluding steroid dienone is 2. The molecule has 1 atom stereocenters. The summed E-state index contributed by atoms with van der Waals surface area (Å²) in [5.41, 5.74) is 7.73. The van der Waals surface area contributed by atoms with Crippen molar-refractivity contribution < 1.29 is 13.0 Å². The molecule has 1 aromatic heterocycles. The van der Waals surface area contributed by atoms with E-state index in [0.717, 1.165) is 13.1 Å². The molecule has 6 heteroatoms. The van der Waals surface area contributed by atoms with Crippen molar-refractivity contribution >= 4 is 26.6 Å². The highest BCUT2D eigenvalue weighted by atomic mass is 32.2. The largest absolute Gasteiger partial charge is 0.342 e. The maximum Gasteiger partial charge on any atom is 0.261 e. The lowest BCUT2D eigenvalue weighted by molar-refractivity contribution is 0.384. The van der Waals surface area contributed by atoms with Gasteiger partial charge in [-0.15, -0.1) is 0 Å². The maximum atomic E-state index is 9.19. The Kier molecular flexibility index (Phi) is 4.67. The second-order valence-corrected chi connectivity index (χ2v) is 8.97. The summed E-state index contributed by atoms with van der Waals surface area (Å²) in [6.07, 6.45) is 10.9. The minimum atomic E-state index is -3.67. The topological polar surface area (TPSA) is 71.3 Å². The minimum absolute atomic E-state index is 0.601. The molecular formula is C20H26N2O3S. The van der Waals surface area contributed by atoms with Crippen molar-refractivity contribution in [2.75, 3.05) is 12.8 Å². The van der Waals surface area contributed by atoms with Crippen LogP contribution in [0.1, 0.15) is 55.0 Å². The van der Waals surface area contributed by atoms with E-state index in [9.17, 15) is 8.42 Å². The fourth-order valence-corrected chi connectivity index (χ4v) is 4.65. The Morgan fingerprint density at radius 2 is 2.04 bits per heavy atom. The molecule has 26 heavy (non-hydrogen) atoms. The van der Waals surface area contributed by atoms with E-state index in [4.69, 9.17) is 4.55 Å². The molecule has 0 saturated heterocycles. The summed E-state index contributed by atoms with van der Waals surface area (Å²) in [6, 6.07) is 7.81. The van der Waals surface area contributed by atoms with Gasteiger partial charge in [0, 0.05) is 35.7 Å². The second kappa shape index (κ2) is 6.83. The molecular weight excluding hydrogens is 348 g/mol. The predicted molar refractivity (Wildman–Crippen MR) is 105 cm³/mol. The van der Waals surface area contributed by atoms with E-state index in [1.807, 2.05) is 0 Å². The Hall–Kier alpha value is -1.63. The zero-order valence-corrected chi connectivity index (χ0v) is 16.0. The molecule has 5 nitrogen and oxygen atoms in total. The van der Waals surface area contributed by atoms with Crippen LogP contribution in [0.2, 0.25) is 0 Å². The quantitative estimate of drug-likeness (QED) is 0.747. The number of nitrogens with one attached hydrogen (secondary N) is 1. The fraction of sp³-hybridized carbons (Fsp3) is 0.500. The Labute approximate surface area is 154 Å². The Morgan fingerprint density at radius 3 is 2.77 bits per heavy atom. The third kappa shape index (κ3) is 3.46. The molecule has 2 aliphatic carbocycles. The smallest absolute Gasteiger partial charge is 0.261 e. The molecule has 140 valence electrons. The molecule has 1 unspecified atom stereocenters. The molecule has 0 saturated carbocycles. The second-order valence-electron chi connectivity index (χ2n) is 7.50. The number of aryl methyl sites for hydroxylation is 1. The van der Waals surface area contributed by atoms with Gasteiger partial charge in [-0.1, -0.05) is 12.1 Å². The van der Waals surface area contributed by atoms with E-state index in [2.05, 4.69) is 34.2 Å². The van der Waals surface area contributed by atoms with Gasteiger partial charge in [0.15, 0.2) is 0 Å². The maximum absolute atomic E-state index is 9.19.